The van der Waals surface area contributed by atoms with Crippen LogP contribution in [0.3, 0.4) is 0 Å². The van der Waals surface area contributed by atoms with Gasteiger partial charge in [0, 0.05) is 26.7 Å². The number of aliphatic hydroxyl groups excluding tert-OH is 2. The minimum atomic E-state index is -0.980. The molecule has 1 aliphatic heterocycles. The highest BCUT2D eigenvalue weighted by Gasteiger charge is 2.52. The number of hydrogen-bond donors (Lipinski definition) is 4. The average Bonchev–Trinajstić information content (AvgIpc) is 2.77. The fraction of sp³-hybridized carbons (Fsp3) is 0.417. The Balaban J connectivity index is 2.01. The minimum absolute atomic E-state index is 0.0245. The van der Waals surface area contributed by atoms with E-state index in [0.29, 0.717) is 13.1 Å². The van der Waals surface area contributed by atoms with Crippen LogP contribution in [-0.4, -0.2) is 66.3 Å². The number of aliphatic hydroxyl groups is 2. The molecule has 7 nitrogen and oxygen atoms in total. The number of β-amino-alcohol motifs (C(OH)–C–C–N with tert-alkyl or cyclic N) is 1. The average molecular weight is 478 g/mol. The lowest BCUT2D eigenvalue weighted by molar-refractivity contribution is -0.129. The summed E-state index contributed by atoms with van der Waals surface area (Å²) in [5.41, 5.74) is 0.937. The Kier molecular flexibility index (Phi) is 7.74. The Labute approximate surface area is 197 Å². The molecule has 2 amide bonds. The summed E-state index contributed by atoms with van der Waals surface area (Å²) in [5.74, 6) is -1.50. The molecular formula is C24H29ClFN3O4. The van der Waals surface area contributed by atoms with E-state index in [1.54, 1.807) is 0 Å². The molecule has 0 unspecified atom stereocenters. The molecule has 178 valence electrons. The number of benzene rings is 2. The van der Waals surface area contributed by atoms with Gasteiger partial charge in [-0.3, -0.25) is 14.5 Å². The smallest absolute Gasteiger partial charge is 0.253 e. The van der Waals surface area contributed by atoms with E-state index in [4.69, 9.17) is 11.6 Å². The topological polar surface area (TPSA) is 102 Å². The third-order valence-electron chi connectivity index (χ3n) is 5.98. The Morgan fingerprint density at radius 1 is 1.24 bits per heavy atom. The summed E-state index contributed by atoms with van der Waals surface area (Å²) < 4.78 is 14.2. The molecule has 1 atom stereocenters. The van der Waals surface area contributed by atoms with E-state index in [1.165, 1.54) is 13.1 Å². The van der Waals surface area contributed by atoms with Gasteiger partial charge in [-0.25, -0.2) is 4.39 Å². The molecule has 0 aliphatic carbocycles. The maximum absolute atomic E-state index is 14.2. The molecule has 3 rings (SSSR count). The third-order valence-corrected chi connectivity index (χ3v) is 6.27. The number of hydrogen-bond acceptors (Lipinski definition) is 5. The van der Waals surface area contributed by atoms with Crippen LogP contribution in [0, 0.1) is 5.82 Å². The second kappa shape index (κ2) is 10.2. The number of nitrogens with zero attached hydrogens (tertiary/aromatic N) is 1. The summed E-state index contributed by atoms with van der Waals surface area (Å²) in [6.07, 6.45) is -0.920. The summed E-state index contributed by atoms with van der Waals surface area (Å²) >= 11 is 5.87. The molecule has 9 heteroatoms. The van der Waals surface area contributed by atoms with Gasteiger partial charge in [0.25, 0.3) is 5.91 Å². The van der Waals surface area contributed by atoms with Gasteiger partial charge in [-0.1, -0.05) is 49.7 Å². The van der Waals surface area contributed by atoms with Crippen LogP contribution in [0.1, 0.15) is 41.3 Å². The van der Waals surface area contributed by atoms with Gasteiger partial charge >= 0.3 is 0 Å². The minimum Gasteiger partial charge on any atom is -0.394 e. The van der Waals surface area contributed by atoms with Crippen molar-refractivity contribution < 1.29 is 24.2 Å². The van der Waals surface area contributed by atoms with Crippen molar-refractivity contribution >= 4 is 29.1 Å². The number of carbonyl (C=O) groups excluding carboxylic acids is 2. The largest absolute Gasteiger partial charge is 0.394 e. The summed E-state index contributed by atoms with van der Waals surface area (Å²) in [6, 6.07) is 9.87. The van der Waals surface area contributed by atoms with E-state index < -0.39 is 29.2 Å². The third kappa shape index (κ3) is 5.04. The summed E-state index contributed by atoms with van der Waals surface area (Å²) in [6.45, 7) is 4.51. The van der Waals surface area contributed by atoms with Crippen molar-refractivity contribution in [2.75, 3.05) is 38.6 Å². The van der Waals surface area contributed by atoms with E-state index in [9.17, 15) is 24.2 Å². The molecule has 2 aromatic rings. The standard InChI is InChI=1S/C24H29ClFN3O4/c1-14(2)16-6-4-5-7-18(16)24(12-29(13-24)10-15(31)11-30)23(33)28-21-9-20(26)19(25)8-17(21)22(32)27-3/h4-9,14-15,30-31H,10-13H2,1-3H3,(H,27,32)(H,28,33)/t15-/m0/s1. The van der Waals surface area contributed by atoms with Crippen LogP contribution in [0.15, 0.2) is 36.4 Å². The van der Waals surface area contributed by atoms with E-state index >= 15 is 0 Å². The molecular weight excluding hydrogens is 449 g/mol. The molecule has 2 aromatic carbocycles. The molecule has 33 heavy (non-hydrogen) atoms. The molecule has 0 aromatic heterocycles. The molecule has 1 heterocycles. The lowest BCUT2D eigenvalue weighted by Crippen LogP contribution is -2.66. The van der Waals surface area contributed by atoms with Gasteiger partial charge in [-0.05, 0) is 29.2 Å². The zero-order valence-electron chi connectivity index (χ0n) is 18.9. The summed E-state index contributed by atoms with van der Waals surface area (Å²) in [4.78, 5) is 27.9. The van der Waals surface area contributed by atoms with Crippen LogP contribution < -0.4 is 10.6 Å². The Bertz CT molecular complexity index is 1040. The number of halogens is 2. The zero-order valence-corrected chi connectivity index (χ0v) is 19.6. The maximum Gasteiger partial charge on any atom is 0.253 e. The number of nitrogens with one attached hydrogen (secondary N) is 2. The Hall–Kier alpha value is -2.52. The van der Waals surface area contributed by atoms with Crippen LogP contribution in [0.4, 0.5) is 10.1 Å². The van der Waals surface area contributed by atoms with Crippen molar-refractivity contribution in [3.05, 3.63) is 63.9 Å². The molecule has 0 bridgehead atoms. The van der Waals surface area contributed by atoms with Gasteiger partial charge in [0.15, 0.2) is 0 Å². The van der Waals surface area contributed by atoms with E-state index in [0.717, 1.165) is 17.2 Å². The Morgan fingerprint density at radius 2 is 1.91 bits per heavy atom. The lowest BCUT2D eigenvalue weighted by atomic mass is 9.69. The fourth-order valence-corrected chi connectivity index (χ4v) is 4.45. The summed E-state index contributed by atoms with van der Waals surface area (Å²) in [5, 5.41) is 24.0. The predicted molar refractivity (Wildman–Crippen MR) is 125 cm³/mol. The quantitative estimate of drug-likeness (QED) is 0.468. The highest BCUT2D eigenvalue weighted by molar-refractivity contribution is 6.31. The highest BCUT2D eigenvalue weighted by Crippen LogP contribution is 2.40. The monoisotopic (exact) mass is 477 g/mol. The first-order valence-electron chi connectivity index (χ1n) is 10.8. The van der Waals surface area contributed by atoms with E-state index in [1.807, 2.05) is 43.0 Å². The number of rotatable bonds is 8. The second-order valence-corrected chi connectivity index (χ2v) is 9.08. The van der Waals surface area contributed by atoms with Crippen LogP contribution in [0.5, 0.6) is 0 Å². The van der Waals surface area contributed by atoms with Crippen molar-refractivity contribution in [3.63, 3.8) is 0 Å². The molecule has 0 spiro atoms. The van der Waals surface area contributed by atoms with Crippen LogP contribution in [-0.2, 0) is 10.2 Å². The van der Waals surface area contributed by atoms with Crippen LogP contribution in [0.2, 0.25) is 5.02 Å². The van der Waals surface area contributed by atoms with Gasteiger partial charge in [0.1, 0.15) is 5.82 Å². The lowest BCUT2D eigenvalue weighted by Gasteiger charge is -2.50. The second-order valence-electron chi connectivity index (χ2n) is 8.68. The van der Waals surface area contributed by atoms with Gasteiger partial charge in [0.05, 0.1) is 34.4 Å². The van der Waals surface area contributed by atoms with Crippen molar-refractivity contribution in [1.29, 1.82) is 0 Å². The number of likely N-dealkylation sites (tertiary alicyclic amines) is 1. The van der Waals surface area contributed by atoms with Gasteiger partial charge < -0.3 is 20.8 Å². The molecule has 1 fully saturated rings. The molecule has 1 aliphatic rings. The molecule has 0 radical (unpaired) electrons. The van der Waals surface area contributed by atoms with Gasteiger partial charge in [0.2, 0.25) is 5.91 Å². The highest BCUT2D eigenvalue weighted by atomic mass is 35.5. The first-order valence-corrected chi connectivity index (χ1v) is 11.1. The molecule has 0 saturated carbocycles. The van der Waals surface area contributed by atoms with Crippen molar-refractivity contribution in [1.82, 2.24) is 10.2 Å². The Morgan fingerprint density at radius 3 is 2.52 bits per heavy atom. The molecule has 1 saturated heterocycles. The maximum atomic E-state index is 14.2. The van der Waals surface area contributed by atoms with Crippen LogP contribution in [0.25, 0.3) is 0 Å². The van der Waals surface area contributed by atoms with Crippen molar-refractivity contribution in [2.45, 2.75) is 31.3 Å². The normalized spacial score (nSPS) is 16.2. The van der Waals surface area contributed by atoms with Crippen LogP contribution >= 0.6 is 11.6 Å². The summed E-state index contributed by atoms with van der Waals surface area (Å²) in [7, 11) is 1.43. The predicted octanol–water partition coefficient (Wildman–Crippen LogP) is 2.51. The van der Waals surface area contributed by atoms with Crippen molar-refractivity contribution in [3.8, 4) is 0 Å². The fourth-order valence-electron chi connectivity index (χ4n) is 4.29. The van der Waals surface area contributed by atoms with E-state index in [-0.39, 0.29) is 35.3 Å². The first-order chi connectivity index (χ1) is 15.6. The molecule has 4 N–H and O–H groups in total. The number of anilines is 1. The number of carbonyl (C=O) groups is 2. The van der Waals surface area contributed by atoms with Crippen molar-refractivity contribution in [2.24, 2.45) is 0 Å². The van der Waals surface area contributed by atoms with Gasteiger partial charge in [-0.2, -0.15) is 0 Å². The van der Waals surface area contributed by atoms with E-state index in [2.05, 4.69) is 10.6 Å². The SMILES string of the molecule is CNC(=O)c1cc(Cl)c(F)cc1NC(=O)C1(c2ccccc2C(C)C)CN(C[C@H](O)CO)C1. The zero-order chi connectivity index (χ0) is 24.3. The van der Waals surface area contributed by atoms with Gasteiger partial charge in [-0.15, -0.1) is 0 Å². The first kappa shape index (κ1) is 25.1. The number of amides is 2.